The molecule has 0 spiro atoms. The number of rotatable bonds is 4. The van der Waals surface area contributed by atoms with E-state index in [1.54, 1.807) is 0 Å². The third-order valence-electron chi connectivity index (χ3n) is 4.16. The topological polar surface area (TPSA) is 27.7 Å². The van der Waals surface area contributed by atoms with Gasteiger partial charge in [-0.2, -0.15) is 0 Å². The minimum absolute atomic E-state index is 0.227. The van der Waals surface area contributed by atoms with E-state index in [2.05, 4.69) is 43.1 Å². The average Bonchev–Trinajstić information content (AvgIpc) is 2.74. The summed E-state index contributed by atoms with van der Waals surface area (Å²) in [6, 6.07) is 0.591. The van der Waals surface area contributed by atoms with Crippen molar-refractivity contribution in [1.82, 2.24) is 15.1 Å². The summed E-state index contributed by atoms with van der Waals surface area (Å²) < 4.78 is 5.83. The number of nitrogens with zero attached hydrogens (tertiary/aromatic N) is 2. The number of piperazine rings is 1. The summed E-state index contributed by atoms with van der Waals surface area (Å²) in [7, 11) is 4.32. The van der Waals surface area contributed by atoms with Crippen LogP contribution in [0.15, 0.2) is 0 Å². The predicted octanol–water partition coefficient (Wildman–Crippen LogP) is 0.779. The lowest BCUT2D eigenvalue weighted by Gasteiger charge is -2.49. The maximum absolute atomic E-state index is 5.83. The van der Waals surface area contributed by atoms with Crippen molar-refractivity contribution in [2.75, 3.05) is 46.9 Å². The maximum atomic E-state index is 5.83. The molecule has 2 saturated heterocycles. The van der Waals surface area contributed by atoms with Gasteiger partial charge in [-0.1, -0.05) is 0 Å². The quantitative estimate of drug-likeness (QED) is 0.803. The first kappa shape index (κ1) is 14.3. The van der Waals surface area contributed by atoms with Crippen molar-refractivity contribution in [3.05, 3.63) is 0 Å². The Morgan fingerprint density at radius 3 is 2.78 bits per heavy atom. The molecule has 18 heavy (non-hydrogen) atoms. The highest BCUT2D eigenvalue weighted by molar-refractivity contribution is 4.96. The molecule has 2 unspecified atom stereocenters. The van der Waals surface area contributed by atoms with Crippen molar-refractivity contribution in [3.8, 4) is 0 Å². The van der Waals surface area contributed by atoms with E-state index in [1.807, 2.05) is 0 Å². The molecule has 0 aromatic carbocycles. The summed E-state index contributed by atoms with van der Waals surface area (Å²) in [5.41, 5.74) is 0.227. The standard InChI is InChI=1S/C14H29N3O/c1-14(2)11-15-8-12(9-16(3)4)17(14)10-13-6-5-7-18-13/h12-13,15H,5-11H2,1-4H3. The molecule has 2 fully saturated rings. The van der Waals surface area contributed by atoms with Gasteiger partial charge in [0, 0.05) is 44.4 Å². The first-order chi connectivity index (χ1) is 8.49. The van der Waals surface area contributed by atoms with Gasteiger partial charge >= 0.3 is 0 Å². The smallest absolute Gasteiger partial charge is 0.0703 e. The molecule has 106 valence electrons. The predicted molar refractivity (Wildman–Crippen MR) is 75.0 cm³/mol. The molecule has 0 aromatic heterocycles. The van der Waals surface area contributed by atoms with Crippen molar-refractivity contribution in [1.29, 1.82) is 0 Å². The summed E-state index contributed by atoms with van der Waals surface area (Å²) >= 11 is 0. The van der Waals surface area contributed by atoms with Gasteiger partial charge in [0.15, 0.2) is 0 Å². The van der Waals surface area contributed by atoms with Crippen LogP contribution in [0.4, 0.5) is 0 Å². The fraction of sp³-hybridized carbons (Fsp3) is 1.00. The van der Waals surface area contributed by atoms with Crippen LogP contribution in [0.25, 0.3) is 0 Å². The van der Waals surface area contributed by atoms with Gasteiger partial charge < -0.3 is 15.0 Å². The van der Waals surface area contributed by atoms with Gasteiger partial charge in [-0.15, -0.1) is 0 Å². The number of hydrogen-bond acceptors (Lipinski definition) is 4. The molecule has 2 aliphatic rings. The molecular formula is C14H29N3O. The second kappa shape index (κ2) is 5.87. The second-order valence-corrected chi connectivity index (χ2v) is 6.65. The molecule has 0 radical (unpaired) electrons. The van der Waals surface area contributed by atoms with E-state index in [1.165, 1.54) is 12.8 Å². The van der Waals surface area contributed by atoms with Crippen LogP contribution in [0.2, 0.25) is 0 Å². The Labute approximate surface area is 112 Å². The lowest BCUT2D eigenvalue weighted by atomic mass is 9.95. The molecule has 0 saturated carbocycles. The fourth-order valence-corrected chi connectivity index (χ4v) is 3.24. The highest BCUT2D eigenvalue weighted by Crippen LogP contribution is 2.24. The van der Waals surface area contributed by atoms with Crippen LogP contribution < -0.4 is 5.32 Å². The Balaban J connectivity index is 2.01. The molecule has 1 N–H and O–H groups in total. The van der Waals surface area contributed by atoms with E-state index in [0.29, 0.717) is 12.1 Å². The van der Waals surface area contributed by atoms with Gasteiger partial charge in [0.25, 0.3) is 0 Å². The average molecular weight is 255 g/mol. The van der Waals surface area contributed by atoms with E-state index in [9.17, 15) is 0 Å². The molecule has 4 nitrogen and oxygen atoms in total. The van der Waals surface area contributed by atoms with Crippen LogP contribution in [0.3, 0.4) is 0 Å². The van der Waals surface area contributed by atoms with Crippen molar-refractivity contribution < 1.29 is 4.74 Å². The minimum atomic E-state index is 0.227. The number of ether oxygens (including phenoxy) is 1. The van der Waals surface area contributed by atoms with Crippen LogP contribution >= 0.6 is 0 Å². The fourth-order valence-electron chi connectivity index (χ4n) is 3.24. The minimum Gasteiger partial charge on any atom is -0.377 e. The maximum Gasteiger partial charge on any atom is 0.0703 e. The normalized spacial score (nSPS) is 33.2. The van der Waals surface area contributed by atoms with Crippen molar-refractivity contribution in [2.45, 2.75) is 44.4 Å². The van der Waals surface area contributed by atoms with Crippen LogP contribution in [-0.2, 0) is 4.74 Å². The van der Waals surface area contributed by atoms with E-state index in [0.717, 1.165) is 32.8 Å². The molecule has 0 aliphatic carbocycles. The zero-order valence-electron chi connectivity index (χ0n) is 12.4. The van der Waals surface area contributed by atoms with Gasteiger partial charge in [0.2, 0.25) is 0 Å². The monoisotopic (exact) mass is 255 g/mol. The largest absolute Gasteiger partial charge is 0.377 e. The Morgan fingerprint density at radius 2 is 2.17 bits per heavy atom. The van der Waals surface area contributed by atoms with Gasteiger partial charge in [0.1, 0.15) is 0 Å². The van der Waals surface area contributed by atoms with Gasteiger partial charge in [-0.3, -0.25) is 4.90 Å². The van der Waals surface area contributed by atoms with Crippen LogP contribution in [0.5, 0.6) is 0 Å². The number of nitrogens with one attached hydrogen (secondary N) is 1. The van der Waals surface area contributed by atoms with Gasteiger partial charge in [-0.05, 0) is 40.8 Å². The first-order valence-electron chi connectivity index (χ1n) is 7.23. The lowest BCUT2D eigenvalue weighted by molar-refractivity contribution is -0.0185. The SMILES string of the molecule is CN(C)CC1CNCC(C)(C)N1CC1CCCO1. The van der Waals surface area contributed by atoms with Crippen molar-refractivity contribution >= 4 is 0 Å². The molecule has 0 amide bonds. The molecule has 0 bridgehead atoms. The second-order valence-electron chi connectivity index (χ2n) is 6.65. The summed E-state index contributed by atoms with van der Waals surface area (Å²) in [5, 5.41) is 3.58. The molecule has 2 atom stereocenters. The number of likely N-dealkylation sites (N-methyl/N-ethyl adjacent to an activating group) is 1. The van der Waals surface area contributed by atoms with E-state index < -0.39 is 0 Å². The van der Waals surface area contributed by atoms with Crippen LogP contribution in [0.1, 0.15) is 26.7 Å². The van der Waals surface area contributed by atoms with E-state index >= 15 is 0 Å². The highest BCUT2D eigenvalue weighted by Gasteiger charge is 2.38. The third-order valence-corrected chi connectivity index (χ3v) is 4.16. The molecule has 2 rings (SSSR count). The van der Waals surface area contributed by atoms with E-state index in [4.69, 9.17) is 4.74 Å². The first-order valence-corrected chi connectivity index (χ1v) is 7.23. The van der Waals surface area contributed by atoms with Crippen molar-refractivity contribution in [3.63, 3.8) is 0 Å². The molecule has 2 aliphatic heterocycles. The summed E-state index contributed by atoms with van der Waals surface area (Å²) in [4.78, 5) is 4.95. The van der Waals surface area contributed by atoms with Crippen LogP contribution in [0, 0.1) is 0 Å². The number of hydrogen-bond donors (Lipinski definition) is 1. The Hall–Kier alpha value is -0.160. The summed E-state index contributed by atoms with van der Waals surface area (Å²) in [6.45, 7) is 10.0. The van der Waals surface area contributed by atoms with Gasteiger partial charge in [-0.25, -0.2) is 0 Å². The molecule has 2 heterocycles. The summed E-state index contributed by atoms with van der Waals surface area (Å²) in [6.07, 6.45) is 2.91. The van der Waals surface area contributed by atoms with E-state index in [-0.39, 0.29) is 5.54 Å². The molecular weight excluding hydrogens is 226 g/mol. The lowest BCUT2D eigenvalue weighted by Crippen LogP contribution is -2.66. The summed E-state index contributed by atoms with van der Waals surface area (Å²) in [5.74, 6) is 0. The zero-order valence-corrected chi connectivity index (χ0v) is 12.4. The molecule has 4 heteroatoms. The Morgan fingerprint density at radius 1 is 1.39 bits per heavy atom. The van der Waals surface area contributed by atoms with Crippen molar-refractivity contribution in [2.24, 2.45) is 0 Å². The van der Waals surface area contributed by atoms with Gasteiger partial charge in [0.05, 0.1) is 6.10 Å². The highest BCUT2D eigenvalue weighted by atomic mass is 16.5. The van der Waals surface area contributed by atoms with Crippen LogP contribution in [-0.4, -0.2) is 74.4 Å². The Bertz CT molecular complexity index is 262. The Kier molecular flexibility index (Phi) is 4.64. The molecule has 0 aromatic rings. The third kappa shape index (κ3) is 3.44. The zero-order chi connectivity index (χ0) is 13.2.